The minimum atomic E-state index is -1.67. The second kappa shape index (κ2) is 9.84. The number of carbonyl (C=O) groups is 1. The van der Waals surface area contributed by atoms with Crippen LogP contribution in [0.2, 0.25) is 0 Å². The highest BCUT2D eigenvalue weighted by Crippen LogP contribution is 2.22. The van der Waals surface area contributed by atoms with Crippen molar-refractivity contribution >= 4 is 5.97 Å². The Kier molecular flexibility index (Phi) is 7.80. The molecule has 2 rings (SSSR count). The predicted octanol–water partition coefficient (Wildman–Crippen LogP) is 0.212. The van der Waals surface area contributed by atoms with Crippen molar-refractivity contribution in [1.29, 1.82) is 0 Å². The van der Waals surface area contributed by atoms with E-state index in [9.17, 15) is 25.2 Å². The maximum absolute atomic E-state index is 12.3. The van der Waals surface area contributed by atoms with Crippen LogP contribution in [0.4, 0.5) is 0 Å². The molecule has 1 aromatic rings. The van der Waals surface area contributed by atoms with Gasteiger partial charge in [0.2, 0.25) is 0 Å². The molecule has 0 spiro atoms. The van der Waals surface area contributed by atoms with Crippen LogP contribution in [-0.2, 0) is 9.47 Å². The minimum Gasteiger partial charge on any atom is -0.493 e. The fourth-order valence-electron chi connectivity index (χ4n) is 2.60. The Morgan fingerprint density at radius 2 is 1.81 bits per heavy atom. The average molecular weight is 370 g/mol. The van der Waals surface area contributed by atoms with Gasteiger partial charge in [-0.25, -0.2) is 4.79 Å². The Labute approximate surface area is 151 Å². The van der Waals surface area contributed by atoms with E-state index in [0.29, 0.717) is 12.4 Å². The molecule has 1 aliphatic rings. The number of unbranched alkanes of at least 4 members (excludes halogenated alkanes) is 2. The predicted molar refractivity (Wildman–Crippen MR) is 90.6 cm³/mol. The number of para-hydroxylation sites is 1. The van der Waals surface area contributed by atoms with E-state index >= 15 is 0 Å². The molecule has 1 fully saturated rings. The zero-order chi connectivity index (χ0) is 19.1. The molecule has 1 aliphatic heterocycles. The third-order valence-corrected chi connectivity index (χ3v) is 4.18. The fourth-order valence-corrected chi connectivity index (χ4v) is 2.60. The van der Waals surface area contributed by atoms with Crippen LogP contribution in [-0.4, -0.2) is 70.3 Å². The van der Waals surface area contributed by atoms with E-state index in [-0.39, 0.29) is 5.56 Å². The van der Waals surface area contributed by atoms with Gasteiger partial charge in [0.05, 0.1) is 6.61 Å². The van der Waals surface area contributed by atoms with E-state index in [1.54, 1.807) is 24.3 Å². The topological polar surface area (TPSA) is 126 Å². The first-order valence-corrected chi connectivity index (χ1v) is 8.72. The molecular formula is C18H26O8. The second-order valence-electron chi connectivity index (χ2n) is 6.19. The van der Waals surface area contributed by atoms with Gasteiger partial charge >= 0.3 is 5.97 Å². The summed E-state index contributed by atoms with van der Waals surface area (Å²) in [5.41, 5.74) is 0.232. The molecule has 26 heavy (non-hydrogen) atoms. The highest BCUT2D eigenvalue weighted by atomic mass is 16.6. The number of carbonyl (C=O) groups excluding carboxylic acids is 1. The molecule has 2 unspecified atom stereocenters. The first-order chi connectivity index (χ1) is 12.5. The molecule has 0 radical (unpaired) electrons. The van der Waals surface area contributed by atoms with Crippen LogP contribution in [0.3, 0.4) is 0 Å². The summed E-state index contributed by atoms with van der Waals surface area (Å²) in [5, 5.41) is 38.5. The summed E-state index contributed by atoms with van der Waals surface area (Å²) >= 11 is 0. The van der Waals surface area contributed by atoms with Gasteiger partial charge in [0, 0.05) is 0 Å². The Balaban J connectivity index is 1.93. The van der Waals surface area contributed by atoms with E-state index in [2.05, 4.69) is 6.92 Å². The van der Waals surface area contributed by atoms with Gasteiger partial charge in [0.15, 0.2) is 6.29 Å². The molecule has 0 saturated carbocycles. The number of benzene rings is 1. The standard InChI is InChI=1S/C18H26O8/c1-2-3-6-9-24-12-8-5-4-7-11(12)17(22)25-10-13-14(19)15(20)16(21)18(23)26-13/h4-5,7-8,13-16,18-21,23H,2-3,6,9-10H2,1H3/t13?,14-,15+,16?,18+/m1/s1. The van der Waals surface area contributed by atoms with Crippen LogP contribution >= 0.6 is 0 Å². The van der Waals surface area contributed by atoms with Crippen LogP contribution in [0.5, 0.6) is 5.75 Å². The normalized spacial score (nSPS) is 28.6. The molecule has 4 N–H and O–H groups in total. The Bertz CT molecular complexity index is 578. The molecule has 0 aromatic heterocycles. The van der Waals surface area contributed by atoms with Crippen LogP contribution in [0.1, 0.15) is 36.5 Å². The Hall–Kier alpha value is -1.71. The number of aliphatic hydroxyl groups is 4. The van der Waals surface area contributed by atoms with Crippen LogP contribution < -0.4 is 4.74 Å². The van der Waals surface area contributed by atoms with E-state index in [1.807, 2.05) is 0 Å². The lowest BCUT2D eigenvalue weighted by molar-refractivity contribution is -0.286. The van der Waals surface area contributed by atoms with Crippen LogP contribution in [0, 0.1) is 0 Å². The van der Waals surface area contributed by atoms with Crippen molar-refractivity contribution in [3.8, 4) is 5.75 Å². The van der Waals surface area contributed by atoms with Crippen molar-refractivity contribution in [3.63, 3.8) is 0 Å². The minimum absolute atomic E-state index is 0.232. The van der Waals surface area contributed by atoms with Gasteiger partial charge in [-0.1, -0.05) is 31.9 Å². The first-order valence-electron chi connectivity index (χ1n) is 8.72. The van der Waals surface area contributed by atoms with Crippen molar-refractivity contribution in [2.75, 3.05) is 13.2 Å². The monoisotopic (exact) mass is 370 g/mol. The SMILES string of the molecule is CCCCCOc1ccccc1C(=O)OCC1O[C@H](O)C(O)[C@@H](O)[C@@H]1O. The van der Waals surface area contributed by atoms with E-state index in [1.165, 1.54) is 0 Å². The number of aliphatic hydroxyl groups excluding tert-OH is 4. The Morgan fingerprint density at radius 3 is 2.54 bits per heavy atom. The third-order valence-electron chi connectivity index (χ3n) is 4.18. The summed E-state index contributed by atoms with van der Waals surface area (Å²) in [5.74, 6) is -0.281. The first kappa shape index (κ1) is 20.6. The molecule has 8 heteroatoms. The molecule has 5 atom stereocenters. The van der Waals surface area contributed by atoms with Crippen molar-refractivity contribution < 1.29 is 39.4 Å². The highest BCUT2D eigenvalue weighted by Gasteiger charge is 2.43. The van der Waals surface area contributed by atoms with Crippen molar-refractivity contribution in [2.24, 2.45) is 0 Å². The summed E-state index contributed by atoms with van der Waals surface area (Å²) in [6, 6.07) is 6.64. The molecule has 0 aliphatic carbocycles. The number of ether oxygens (including phenoxy) is 3. The van der Waals surface area contributed by atoms with Gasteiger partial charge in [-0.05, 0) is 18.6 Å². The molecule has 1 heterocycles. The summed E-state index contributed by atoms with van der Waals surface area (Å²) < 4.78 is 15.7. The molecule has 0 bridgehead atoms. The van der Waals surface area contributed by atoms with Gasteiger partial charge in [0.1, 0.15) is 42.3 Å². The van der Waals surface area contributed by atoms with E-state index in [0.717, 1.165) is 19.3 Å². The van der Waals surface area contributed by atoms with Gasteiger partial charge in [0.25, 0.3) is 0 Å². The molecule has 0 amide bonds. The highest BCUT2D eigenvalue weighted by molar-refractivity contribution is 5.92. The summed E-state index contributed by atoms with van der Waals surface area (Å²) in [7, 11) is 0. The molecule has 146 valence electrons. The lowest BCUT2D eigenvalue weighted by atomic mass is 9.99. The summed E-state index contributed by atoms with van der Waals surface area (Å²) in [4.78, 5) is 12.3. The third kappa shape index (κ3) is 5.15. The molecular weight excluding hydrogens is 344 g/mol. The molecule has 1 saturated heterocycles. The number of esters is 1. The zero-order valence-electron chi connectivity index (χ0n) is 14.7. The number of rotatable bonds is 8. The lowest BCUT2D eigenvalue weighted by Crippen LogP contribution is -2.58. The Morgan fingerprint density at radius 1 is 1.08 bits per heavy atom. The van der Waals surface area contributed by atoms with Crippen LogP contribution in [0.15, 0.2) is 24.3 Å². The largest absolute Gasteiger partial charge is 0.493 e. The van der Waals surface area contributed by atoms with Crippen molar-refractivity contribution in [1.82, 2.24) is 0 Å². The lowest BCUT2D eigenvalue weighted by Gasteiger charge is -2.37. The smallest absolute Gasteiger partial charge is 0.342 e. The maximum atomic E-state index is 12.3. The van der Waals surface area contributed by atoms with Crippen molar-refractivity contribution in [2.45, 2.75) is 56.9 Å². The maximum Gasteiger partial charge on any atom is 0.342 e. The number of hydrogen-bond donors (Lipinski definition) is 4. The summed E-state index contributed by atoms with van der Waals surface area (Å²) in [6.45, 7) is 2.17. The summed E-state index contributed by atoms with van der Waals surface area (Å²) in [6.07, 6.45) is -4.60. The molecule has 8 nitrogen and oxygen atoms in total. The molecule has 1 aromatic carbocycles. The average Bonchev–Trinajstić information content (AvgIpc) is 2.65. The van der Waals surface area contributed by atoms with Gasteiger partial charge in [-0.15, -0.1) is 0 Å². The van der Waals surface area contributed by atoms with Gasteiger partial charge < -0.3 is 34.6 Å². The van der Waals surface area contributed by atoms with Gasteiger partial charge in [-0.2, -0.15) is 0 Å². The van der Waals surface area contributed by atoms with E-state index in [4.69, 9.17) is 14.2 Å². The zero-order valence-corrected chi connectivity index (χ0v) is 14.7. The van der Waals surface area contributed by atoms with Crippen LogP contribution in [0.25, 0.3) is 0 Å². The van der Waals surface area contributed by atoms with Crippen molar-refractivity contribution in [3.05, 3.63) is 29.8 Å². The van der Waals surface area contributed by atoms with Gasteiger partial charge in [-0.3, -0.25) is 0 Å². The quantitative estimate of drug-likeness (QED) is 0.378. The second-order valence-corrected chi connectivity index (χ2v) is 6.19. The number of hydrogen-bond acceptors (Lipinski definition) is 8. The van der Waals surface area contributed by atoms with E-state index < -0.39 is 43.3 Å². The fraction of sp³-hybridized carbons (Fsp3) is 0.611.